The van der Waals surface area contributed by atoms with Crippen molar-refractivity contribution in [3.8, 4) is 11.5 Å². The summed E-state index contributed by atoms with van der Waals surface area (Å²) in [6.07, 6.45) is -4.75. The highest BCUT2D eigenvalue weighted by atomic mass is 19.4. The molecule has 33 heavy (non-hydrogen) atoms. The van der Waals surface area contributed by atoms with E-state index in [1.54, 1.807) is 12.1 Å². The number of morpholine rings is 1. The van der Waals surface area contributed by atoms with Crippen molar-refractivity contribution in [2.45, 2.75) is 45.1 Å². The molecule has 0 bridgehead atoms. The molecular weight excluding hydrogens is 442 g/mol. The van der Waals surface area contributed by atoms with E-state index >= 15 is 0 Å². The largest absolute Gasteiger partial charge is 0.460 e. The topological polar surface area (TPSA) is 48.0 Å². The third kappa shape index (κ3) is 7.17. The molecule has 0 radical (unpaired) electrons. The van der Waals surface area contributed by atoms with Gasteiger partial charge in [-0.15, -0.1) is 0 Å². The lowest BCUT2D eigenvalue weighted by Crippen LogP contribution is -2.39. The SMILES string of the molecule is CC(C)(C)OC(=O)CCN1CCOC(c2ccc(Oc3c(F)cccc3C(F)(F)F)cc2)C1. The van der Waals surface area contributed by atoms with Gasteiger partial charge in [-0.2, -0.15) is 13.2 Å². The van der Waals surface area contributed by atoms with Crippen LogP contribution in [0.1, 0.15) is 44.4 Å². The van der Waals surface area contributed by atoms with Crippen LogP contribution in [0.3, 0.4) is 0 Å². The third-order valence-corrected chi connectivity index (χ3v) is 4.95. The van der Waals surface area contributed by atoms with Gasteiger partial charge in [-0.1, -0.05) is 18.2 Å². The third-order valence-electron chi connectivity index (χ3n) is 4.95. The molecule has 9 heteroatoms. The minimum Gasteiger partial charge on any atom is -0.460 e. The predicted octanol–water partition coefficient (Wildman–Crippen LogP) is 5.74. The van der Waals surface area contributed by atoms with Crippen molar-refractivity contribution in [3.63, 3.8) is 0 Å². The van der Waals surface area contributed by atoms with Crippen LogP contribution >= 0.6 is 0 Å². The van der Waals surface area contributed by atoms with Crippen molar-refractivity contribution in [1.29, 1.82) is 0 Å². The minimum absolute atomic E-state index is 0.0759. The zero-order valence-corrected chi connectivity index (χ0v) is 18.7. The smallest absolute Gasteiger partial charge is 0.420 e. The Hall–Kier alpha value is -2.65. The van der Waals surface area contributed by atoms with Gasteiger partial charge in [0.25, 0.3) is 0 Å². The normalized spacial score (nSPS) is 17.6. The van der Waals surface area contributed by atoms with Gasteiger partial charge >= 0.3 is 12.1 Å². The molecule has 5 nitrogen and oxygen atoms in total. The zero-order chi connectivity index (χ0) is 24.2. The number of esters is 1. The molecule has 3 rings (SSSR count). The van der Waals surface area contributed by atoms with Crippen LogP contribution in [-0.2, 0) is 20.4 Å². The Labute approximate surface area is 190 Å². The highest BCUT2D eigenvalue weighted by Crippen LogP contribution is 2.39. The van der Waals surface area contributed by atoms with Gasteiger partial charge in [0.15, 0.2) is 11.6 Å². The lowest BCUT2D eigenvalue weighted by molar-refractivity contribution is -0.155. The molecule has 0 aromatic heterocycles. The predicted molar refractivity (Wildman–Crippen MR) is 114 cm³/mol. The number of hydrogen-bond donors (Lipinski definition) is 0. The van der Waals surface area contributed by atoms with Crippen LogP contribution in [0.5, 0.6) is 11.5 Å². The lowest BCUT2D eigenvalue weighted by atomic mass is 10.1. The summed E-state index contributed by atoms with van der Waals surface area (Å²) in [6.45, 7) is 7.69. The Balaban J connectivity index is 1.62. The van der Waals surface area contributed by atoms with Gasteiger partial charge in [0.2, 0.25) is 0 Å². The molecule has 0 N–H and O–H groups in total. The summed E-state index contributed by atoms with van der Waals surface area (Å²) < 4.78 is 69.9. The van der Waals surface area contributed by atoms with E-state index in [1.807, 2.05) is 20.8 Å². The quantitative estimate of drug-likeness (QED) is 0.399. The number of nitrogens with zero attached hydrogens (tertiary/aromatic N) is 1. The van der Waals surface area contributed by atoms with E-state index in [1.165, 1.54) is 12.1 Å². The molecule has 0 spiro atoms. The minimum atomic E-state index is -4.74. The van der Waals surface area contributed by atoms with Gasteiger partial charge in [-0.25, -0.2) is 4.39 Å². The number of halogens is 4. The van der Waals surface area contributed by atoms with Crippen LogP contribution < -0.4 is 4.74 Å². The van der Waals surface area contributed by atoms with Gasteiger partial charge in [-0.3, -0.25) is 9.69 Å². The molecule has 1 heterocycles. The Morgan fingerprint density at radius 3 is 2.45 bits per heavy atom. The van der Waals surface area contributed by atoms with Gasteiger partial charge in [-0.05, 0) is 50.6 Å². The van der Waals surface area contributed by atoms with Crippen LogP contribution in [0.2, 0.25) is 0 Å². The maximum Gasteiger partial charge on any atom is 0.420 e. The van der Waals surface area contributed by atoms with Crippen LogP contribution in [0, 0.1) is 5.82 Å². The molecule has 1 saturated heterocycles. The standard InChI is InChI=1S/C24H27F4NO4/c1-23(2,3)33-21(30)11-12-29-13-14-31-20(15-29)16-7-9-17(10-8-16)32-22-18(24(26,27)28)5-4-6-19(22)25/h4-10,20H,11-15H2,1-3H3. The second-order valence-corrected chi connectivity index (χ2v) is 8.78. The number of para-hydroxylation sites is 1. The molecule has 180 valence electrons. The molecule has 0 saturated carbocycles. The number of benzene rings is 2. The number of carbonyl (C=O) groups excluding carboxylic acids is 1. The number of rotatable bonds is 6. The van der Waals surface area contributed by atoms with Gasteiger partial charge in [0.1, 0.15) is 16.9 Å². The van der Waals surface area contributed by atoms with Gasteiger partial charge in [0.05, 0.1) is 19.1 Å². The summed E-state index contributed by atoms with van der Waals surface area (Å²) in [4.78, 5) is 14.1. The Kier molecular flexibility index (Phi) is 7.64. The molecule has 1 aliphatic rings. The van der Waals surface area contributed by atoms with E-state index in [4.69, 9.17) is 14.2 Å². The van der Waals surface area contributed by atoms with Crippen molar-refractivity contribution in [2.75, 3.05) is 26.2 Å². The second kappa shape index (κ2) is 10.1. The summed E-state index contributed by atoms with van der Waals surface area (Å²) in [6, 6.07) is 8.98. The van der Waals surface area contributed by atoms with Crippen molar-refractivity contribution in [2.24, 2.45) is 0 Å². The molecular formula is C24H27F4NO4. The monoisotopic (exact) mass is 469 g/mol. The first-order chi connectivity index (χ1) is 15.4. The van der Waals surface area contributed by atoms with E-state index in [2.05, 4.69) is 4.90 Å². The molecule has 2 aromatic carbocycles. The number of carbonyl (C=O) groups is 1. The summed E-state index contributed by atoms with van der Waals surface area (Å²) >= 11 is 0. The molecule has 0 aliphatic carbocycles. The Morgan fingerprint density at radius 1 is 1.12 bits per heavy atom. The highest BCUT2D eigenvalue weighted by molar-refractivity contribution is 5.70. The van der Waals surface area contributed by atoms with Gasteiger partial charge in [0, 0.05) is 19.6 Å². The van der Waals surface area contributed by atoms with Crippen LogP contribution in [-0.4, -0.2) is 42.7 Å². The lowest BCUT2D eigenvalue weighted by Gasteiger charge is -2.33. The van der Waals surface area contributed by atoms with E-state index in [-0.39, 0.29) is 24.2 Å². The number of alkyl halides is 3. The summed E-state index contributed by atoms with van der Waals surface area (Å²) in [7, 11) is 0. The van der Waals surface area contributed by atoms with Crippen molar-refractivity contribution >= 4 is 5.97 Å². The first-order valence-electron chi connectivity index (χ1n) is 10.6. The number of hydrogen-bond acceptors (Lipinski definition) is 5. The van der Waals surface area contributed by atoms with E-state index in [0.717, 1.165) is 23.8 Å². The maximum absolute atomic E-state index is 14.0. The molecule has 1 unspecified atom stereocenters. The fourth-order valence-corrected chi connectivity index (χ4v) is 3.45. The summed E-state index contributed by atoms with van der Waals surface area (Å²) in [5.74, 6) is -2.14. The molecule has 1 fully saturated rings. The van der Waals surface area contributed by atoms with Crippen molar-refractivity contribution in [3.05, 3.63) is 59.4 Å². The average molecular weight is 469 g/mol. The molecule has 1 atom stereocenters. The summed E-state index contributed by atoms with van der Waals surface area (Å²) in [5, 5.41) is 0. The first-order valence-corrected chi connectivity index (χ1v) is 10.6. The number of ether oxygens (including phenoxy) is 3. The second-order valence-electron chi connectivity index (χ2n) is 8.78. The average Bonchev–Trinajstić information content (AvgIpc) is 2.72. The van der Waals surface area contributed by atoms with E-state index < -0.39 is 28.9 Å². The first kappa shape index (κ1) is 25.0. The van der Waals surface area contributed by atoms with E-state index in [9.17, 15) is 22.4 Å². The maximum atomic E-state index is 14.0. The van der Waals surface area contributed by atoms with Gasteiger partial charge < -0.3 is 14.2 Å². The van der Waals surface area contributed by atoms with Crippen molar-refractivity contribution in [1.82, 2.24) is 4.90 Å². The van der Waals surface area contributed by atoms with Crippen molar-refractivity contribution < 1.29 is 36.6 Å². The van der Waals surface area contributed by atoms with Crippen LogP contribution in [0.4, 0.5) is 17.6 Å². The fourth-order valence-electron chi connectivity index (χ4n) is 3.45. The molecule has 0 amide bonds. The fraction of sp³-hybridized carbons (Fsp3) is 0.458. The van der Waals surface area contributed by atoms with E-state index in [0.29, 0.717) is 26.2 Å². The zero-order valence-electron chi connectivity index (χ0n) is 18.7. The highest BCUT2D eigenvalue weighted by Gasteiger charge is 2.36. The summed E-state index contributed by atoms with van der Waals surface area (Å²) in [5.41, 5.74) is -0.908. The van der Waals surface area contributed by atoms with Crippen LogP contribution in [0.25, 0.3) is 0 Å². The molecule has 2 aromatic rings. The Bertz CT molecular complexity index is 954. The Morgan fingerprint density at radius 2 is 1.82 bits per heavy atom. The molecule has 1 aliphatic heterocycles. The van der Waals surface area contributed by atoms with Crippen LogP contribution in [0.15, 0.2) is 42.5 Å².